The van der Waals surface area contributed by atoms with E-state index in [0.29, 0.717) is 44.5 Å². The second-order valence-corrected chi connectivity index (χ2v) is 10.00. The summed E-state index contributed by atoms with van der Waals surface area (Å²) >= 11 is 0. The number of anilines is 2. The first-order chi connectivity index (χ1) is 13.8. The molecule has 9 heteroatoms. The highest BCUT2D eigenvalue weighted by Gasteiger charge is 2.29. The predicted octanol–water partition coefficient (Wildman–Crippen LogP) is 1.30. The molecule has 29 heavy (non-hydrogen) atoms. The van der Waals surface area contributed by atoms with E-state index in [1.165, 1.54) is 0 Å². The summed E-state index contributed by atoms with van der Waals surface area (Å²) in [5.41, 5.74) is 1.55. The van der Waals surface area contributed by atoms with Crippen molar-refractivity contribution >= 4 is 27.3 Å². The van der Waals surface area contributed by atoms with Gasteiger partial charge in [0, 0.05) is 36.4 Å². The van der Waals surface area contributed by atoms with Crippen LogP contribution in [0, 0.1) is 5.92 Å². The first-order valence-electron chi connectivity index (χ1n) is 10.2. The zero-order valence-electron chi connectivity index (χ0n) is 17.2. The van der Waals surface area contributed by atoms with Gasteiger partial charge >= 0.3 is 0 Å². The highest BCUT2D eigenvalue weighted by atomic mass is 32.2. The van der Waals surface area contributed by atoms with Crippen LogP contribution in [0.3, 0.4) is 0 Å². The van der Waals surface area contributed by atoms with E-state index in [2.05, 4.69) is 10.0 Å². The van der Waals surface area contributed by atoms with E-state index >= 15 is 0 Å². The van der Waals surface area contributed by atoms with Crippen molar-refractivity contribution in [3.05, 3.63) is 24.3 Å². The van der Waals surface area contributed by atoms with Gasteiger partial charge in [-0.05, 0) is 63.8 Å². The fourth-order valence-corrected chi connectivity index (χ4v) is 4.43. The standard InChI is InChI=1S/C20H33N3O5S/c1-15(2)29(27,28)22-18-5-3-16(4-6-18)20(26)21-17-7-9-19(10-8-17)23(11-13-24)12-14-25/h7-10,15-16,18,22,24-25H,3-6,11-14H2,1-2H3,(H,21,26). The van der Waals surface area contributed by atoms with Crippen LogP contribution in [0.4, 0.5) is 11.4 Å². The van der Waals surface area contributed by atoms with Crippen LogP contribution in [-0.4, -0.2) is 62.1 Å². The number of hydrogen-bond acceptors (Lipinski definition) is 6. The Balaban J connectivity index is 1.86. The third-order valence-electron chi connectivity index (χ3n) is 5.29. The first-order valence-corrected chi connectivity index (χ1v) is 11.7. The van der Waals surface area contributed by atoms with Crippen molar-refractivity contribution in [2.45, 2.75) is 50.8 Å². The lowest BCUT2D eigenvalue weighted by atomic mass is 9.86. The summed E-state index contributed by atoms with van der Waals surface area (Å²) in [5.74, 6) is -0.180. The van der Waals surface area contributed by atoms with Crippen molar-refractivity contribution in [3.63, 3.8) is 0 Å². The summed E-state index contributed by atoms with van der Waals surface area (Å²) in [6.07, 6.45) is 2.60. The molecule has 0 unspecified atom stereocenters. The predicted molar refractivity (Wildman–Crippen MR) is 114 cm³/mol. The maximum Gasteiger partial charge on any atom is 0.227 e. The van der Waals surface area contributed by atoms with Gasteiger partial charge in [0.2, 0.25) is 15.9 Å². The van der Waals surface area contributed by atoms with Gasteiger partial charge in [-0.15, -0.1) is 0 Å². The number of carbonyl (C=O) groups excluding carboxylic acids is 1. The molecule has 1 saturated carbocycles. The van der Waals surface area contributed by atoms with Crippen LogP contribution >= 0.6 is 0 Å². The van der Waals surface area contributed by atoms with E-state index in [1.807, 2.05) is 17.0 Å². The minimum absolute atomic E-state index is 0.00547. The van der Waals surface area contributed by atoms with E-state index in [9.17, 15) is 13.2 Å². The molecule has 1 aliphatic rings. The molecule has 0 aromatic heterocycles. The fourth-order valence-electron chi connectivity index (χ4n) is 3.45. The van der Waals surface area contributed by atoms with E-state index in [0.717, 1.165) is 5.69 Å². The van der Waals surface area contributed by atoms with Crippen LogP contribution in [0.25, 0.3) is 0 Å². The number of rotatable bonds is 10. The average Bonchev–Trinajstić information content (AvgIpc) is 2.68. The lowest BCUT2D eigenvalue weighted by Crippen LogP contribution is -2.42. The molecule has 0 radical (unpaired) electrons. The quantitative estimate of drug-likeness (QED) is 0.447. The minimum Gasteiger partial charge on any atom is -0.395 e. The van der Waals surface area contributed by atoms with Crippen molar-refractivity contribution in [2.75, 3.05) is 36.5 Å². The average molecular weight is 428 g/mol. The van der Waals surface area contributed by atoms with E-state index in [1.54, 1.807) is 26.0 Å². The molecule has 1 fully saturated rings. The third kappa shape index (κ3) is 6.95. The van der Waals surface area contributed by atoms with E-state index in [-0.39, 0.29) is 31.1 Å². The van der Waals surface area contributed by atoms with Crippen LogP contribution < -0.4 is 14.9 Å². The summed E-state index contributed by atoms with van der Waals surface area (Å²) in [6.45, 7) is 4.15. The number of hydrogen-bond donors (Lipinski definition) is 4. The summed E-state index contributed by atoms with van der Waals surface area (Å²) in [6, 6.07) is 7.20. The second kappa shape index (κ2) is 10.9. The Bertz CT molecular complexity index is 738. The minimum atomic E-state index is -3.29. The molecule has 1 amide bonds. The molecule has 1 aromatic carbocycles. The third-order valence-corrected chi connectivity index (χ3v) is 7.19. The number of benzene rings is 1. The lowest BCUT2D eigenvalue weighted by molar-refractivity contribution is -0.120. The molecule has 0 bridgehead atoms. The molecule has 0 spiro atoms. The van der Waals surface area contributed by atoms with Gasteiger partial charge in [-0.3, -0.25) is 4.79 Å². The molecule has 4 N–H and O–H groups in total. The zero-order valence-corrected chi connectivity index (χ0v) is 18.0. The molecule has 0 aliphatic heterocycles. The molecule has 8 nitrogen and oxygen atoms in total. The Morgan fingerprint density at radius 3 is 2.10 bits per heavy atom. The molecular formula is C20H33N3O5S. The molecule has 164 valence electrons. The largest absolute Gasteiger partial charge is 0.395 e. The maximum atomic E-state index is 12.6. The Kier molecular flexibility index (Phi) is 8.88. The Hall–Kier alpha value is -1.68. The van der Waals surface area contributed by atoms with Gasteiger partial charge < -0.3 is 20.4 Å². The molecule has 1 aliphatic carbocycles. The lowest BCUT2D eigenvalue weighted by Gasteiger charge is -2.29. The van der Waals surface area contributed by atoms with Gasteiger partial charge in [0.25, 0.3) is 0 Å². The molecule has 0 heterocycles. The van der Waals surface area contributed by atoms with Crippen molar-refractivity contribution in [3.8, 4) is 0 Å². The number of aliphatic hydroxyl groups is 2. The normalized spacial score (nSPS) is 19.9. The van der Waals surface area contributed by atoms with Crippen molar-refractivity contribution in [2.24, 2.45) is 5.92 Å². The molecule has 2 rings (SSSR count). The topological polar surface area (TPSA) is 119 Å². The monoisotopic (exact) mass is 427 g/mol. The van der Waals surface area contributed by atoms with Gasteiger partial charge in [0.15, 0.2) is 0 Å². The van der Waals surface area contributed by atoms with E-state index in [4.69, 9.17) is 10.2 Å². The number of nitrogens with one attached hydrogen (secondary N) is 2. The molecule has 1 aromatic rings. The first kappa shape index (κ1) is 23.6. The number of sulfonamides is 1. The summed E-state index contributed by atoms with van der Waals surface area (Å²) in [5, 5.41) is 20.7. The number of carbonyl (C=O) groups is 1. The summed E-state index contributed by atoms with van der Waals surface area (Å²) in [7, 11) is -3.29. The van der Waals surface area contributed by atoms with Crippen molar-refractivity contribution in [1.82, 2.24) is 4.72 Å². The van der Waals surface area contributed by atoms with Gasteiger partial charge in [0.1, 0.15) is 0 Å². The Morgan fingerprint density at radius 2 is 1.62 bits per heavy atom. The highest BCUT2D eigenvalue weighted by Crippen LogP contribution is 2.27. The van der Waals surface area contributed by atoms with Crippen LogP contribution in [-0.2, 0) is 14.8 Å². The summed E-state index contributed by atoms with van der Waals surface area (Å²) in [4.78, 5) is 14.4. The molecular weight excluding hydrogens is 394 g/mol. The highest BCUT2D eigenvalue weighted by molar-refractivity contribution is 7.90. The number of nitrogens with zero attached hydrogens (tertiary/aromatic N) is 1. The van der Waals surface area contributed by atoms with Gasteiger partial charge in [-0.2, -0.15) is 0 Å². The Morgan fingerprint density at radius 1 is 1.07 bits per heavy atom. The summed E-state index contributed by atoms with van der Waals surface area (Å²) < 4.78 is 26.7. The smallest absolute Gasteiger partial charge is 0.227 e. The number of amides is 1. The molecule has 0 atom stereocenters. The van der Waals surface area contributed by atoms with Gasteiger partial charge in [-0.1, -0.05) is 0 Å². The zero-order chi connectivity index (χ0) is 21.4. The van der Waals surface area contributed by atoms with Gasteiger partial charge in [0.05, 0.1) is 18.5 Å². The Labute approximate surface area is 173 Å². The van der Waals surface area contributed by atoms with Crippen LogP contribution in [0.1, 0.15) is 39.5 Å². The SMILES string of the molecule is CC(C)S(=O)(=O)NC1CCC(C(=O)Nc2ccc(N(CCO)CCO)cc2)CC1. The van der Waals surface area contributed by atoms with Crippen molar-refractivity contribution < 1.29 is 23.4 Å². The van der Waals surface area contributed by atoms with Crippen LogP contribution in [0.15, 0.2) is 24.3 Å². The van der Waals surface area contributed by atoms with Crippen LogP contribution in [0.2, 0.25) is 0 Å². The molecule has 0 saturated heterocycles. The van der Waals surface area contributed by atoms with Crippen LogP contribution in [0.5, 0.6) is 0 Å². The number of aliphatic hydroxyl groups excluding tert-OH is 2. The maximum absolute atomic E-state index is 12.6. The van der Waals surface area contributed by atoms with Gasteiger partial charge in [-0.25, -0.2) is 13.1 Å². The van der Waals surface area contributed by atoms with Crippen molar-refractivity contribution in [1.29, 1.82) is 0 Å². The second-order valence-electron chi connectivity index (χ2n) is 7.73. The fraction of sp³-hybridized carbons (Fsp3) is 0.650. The van der Waals surface area contributed by atoms with E-state index < -0.39 is 15.3 Å².